The van der Waals surface area contributed by atoms with Crippen molar-refractivity contribution in [2.24, 2.45) is 0 Å². The molecule has 0 spiro atoms. The number of carboxylic acid groups (broad SMARTS) is 1. The van der Waals surface area contributed by atoms with Gasteiger partial charge in [-0.3, -0.25) is 9.89 Å². The van der Waals surface area contributed by atoms with Crippen LogP contribution in [0.5, 0.6) is 0 Å². The number of rotatable bonds is 3. The number of carbonyl (C=O) groups is 1. The molecule has 0 amide bonds. The molecule has 2 N–H and O–H groups in total. The maximum Gasteiger partial charge on any atom is 0.343 e. The predicted octanol–water partition coefficient (Wildman–Crippen LogP) is 1.94. The van der Waals surface area contributed by atoms with E-state index >= 15 is 0 Å². The molecule has 1 aliphatic rings. The molecule has 0 aliphatic heterocycles. The van der Waals surface area contributed by atoms with Crippen LogP contribution in [0, 0.1) is 0 Å². The largest absolute Gasteiger partial charge is 0.477 e. The van der Waals surface area contributed by atoms with E-state index in [9.17, 15) is 9.59 Å². The Bertz CT molecular complexity index is 467. The molecule has 5 nitrogen and oxygen atoms in total. The second-order valence-electron chi connectivity index (χ2n) is 4.59. The zero-order valence-electron chi connectivity index (χ0n) is 10.0. The summed E-state index contributed by atoms with van der Waals surface area (Å²) in [5.74, 6) is -1.13. The quantitative estimate of drug-likeness (QED) is 0.845. The molecule has 5 heteroatoms. The van der Waals surface area contributed by atoms with Crippen LogP contribution in [-0.4, -0.2) is 20.9 Å². The Hall–Kier alpha value is -1.52. The third-order valence-corrected chi connectivity index (χ3v) is 3.50. The fourth-order valence-corrected chi connectivity index (χ4v) is 2.57. The number of aromatic carboxylic acids is 1. The van der Waals surface area contributed by atoms with E-state index in [0.717, 1.165) is 25.7 Å². The van der Waals surface area contributed by atoms with Crippen molar-refractivity contribution in [3.05, 3.63) is 21.6 Å². The van der Waals surface area contributed by atoms with Crippen LogP contribution in [0.1, 0.15) is 61.1 Å². The van der Waals surface area contributed by atoms with Crippen molar-refractivity contribution in [1.82, 2.24) is 9.78 Å². The molecule has 1 aromatic rings. The molecule has 1 aromatic heterocycles. The van der Waals surface area contributed by atoms with Crippen molar-refractivity contribution in [3.63, 3.8) is 0 Å². The fraction of sp³-hybridized carbons (Fsp3) is 0.667. The molecular weight excluding hydrogens is 220 g/mol. The molecule has 0 unspecified atom stereocenters. The summed E-state index contributed by atoms with van der Waals surface area (Å²) in [6, 6.07) is 0.148. The first-order valence-electron chi connectivity index (χ1n) is 6.21. The van der Waals surface area contributed by atoms with Gasteiger partial charge >= 0.3 is 5.97 Å². The monoisotopic (exact) mass is 238 g/mol. The van der Waals surface area contributed by atoms with Crippen LogP contribution in [0.3, 0.4) is 0 Å². The van der Waals surface area contributed by atoms with Gasteiger partial charge in [-0.05, 0) is 19.3 Å². The van der Waals surface area contributed by atoms with Crippen LogP contribution in [0.25, 0.3) is 0 Å². The molecule has 94 valence electrons. The average molecular weight is 238 g/mol. The summed E-state index contributed by atoms with van der Waals surface area (Å²) in [5.41, 5.74) is 0.0763. The average Bonchev–Trinajstić information content (AvgIpc) is 2.67. The minimum Gasteiger partial charge on any atom is -0.477 e. The number of carboxylic acids is 1. The second-order valence-corrected chi connectivity index (χ2v) is 4.59. The van der Waals surface area contributed by atoms with E-state index in [4.69, 9.17) is 5.11 Å². The first-order chi connectivity index (χ1) is 8.15. The number of aryl methyl sites for hydroxylation is 1. The Labute approximate surface area is 99.4 Å². The van der Waals surface area contributed by atoms with E-state index in [1.165, 1.54) is 11.1 Å². The lowest BCUT2D eigenvalue weighted by Gasteiger charge is -2.21. The summed E-state index contributed by atoms with van der Waals surface area (Å²) in [7, 11) is 0. The molecule has 0 saturated heterocycles. The van der Waals surface area contributed by atoms with Gasteiger partial charge < -0.3 is 5.11 Å². The molecule has 1 aliphatic carbocycles. The fourth-order valence-electron chi connectivity index (χ4n) is 2.57. The molecule has 1 heterocycles. The standard InChI is InChI=1S/C12H18N2O3/c1-2-9-10(12(16)17)11(15)14(13-9)8-6-4-3-5-7-8/h8,13H,2-7H2,1H3,(H,16,17). The highest BCUT2D eigenvalue weighted by atomic mass is 16.4. The minimum atomic E-state index is -1.13. The number of aromatic amines is 1. The summed E-state index contributed by atoms with van der Waals surface area (Å²) >= 11 is 0. The molecule has 0 atom stereocenters. The lowest BCUT2D eigenvalue weighted by atomic mass is 9.96. The third-order valence-electron chi connectivity index (χ3n) is 3.50. The summed E-state index contributed by atoms with van der Waals surface area (Å²) in [6.07, 6.45) is 5.89. The number of H-pyrrole nitrogens is 1. The van der Waals surface area contributed by atoms with Crippen LogP contribution >= 0.6 is 0 Å². The van der Waals surface area contributed by atoms with Crippen LogP contribution in [0.2, 0.25) is 0 Å². The van der Waals surface area contributed by atoms with Crippen LogP contribution < -0.4 is 5.56 Å². The maximum absolute atomic E-state index is 12.0. The molecular formula is C12H18N2O3. The Morgan fingerprint density at radius 1 is 1.41 bits per heavy atom. The first-order valence-corrected chi connectivity index (χ1v) is 6.21. The van der Waals surface area contributed by atoms with Gasteiger partial charge in [0.05, 0.1) is 11.7 Å². The van der Waals surface area contributed by atoms with Crippen molar-refractivity contribution in [3.8, 4) is 0 Å². The highest BCUT2D eigenvalue weighted by molar-refractivity contribution is 5.88. The Morgan fingerprint density at radius 2 is 2.06 bits per heavy atom. The smallest absolute Gasteiger partial charge is 0.343 e. The molecule has 17 heavy (non-hydrogen) atoms. The molecule has 0 radical (unpaired) electrons. The van der Waals surface area contributed by atoms with Gasteiger partial charge in [0.25, 0.3) is 5.56 Å². The van der Waals surface area contributed by atoms with Gasteiger partial charge in [0.2, 0.25) is 0 Å². The summed E-state index contributed by atoms with van der Waals surface area (Å²) in [4.78, 5) is 23.1. The van der Waals surface area contributed by atoms with E-state index in [0.29, 0.717) is 12.1 Å². The summed E-state index contributed by atoms with van der Waals surface area (Å²) < 4.78 is 1.53. The van der Waals surface area contributed by atoms with E-state index in [1.807, 2.05) is 6.92 Å². The number of hydrogen-bond donors (Lipinski definition) is 2. The van der Waals surface area contributed by atoms with E-state index in [-0.39, 0.29) is 17.2 Å². The predicted molar refractivity (Wildman–Crippen MR) is 63.5 cm³/mol. The van der Waals surface area contributed by atoms with Gasteiger partial charge in [-0.1, -0.05) is 26.2 Å². The zero-order valence-corrected chi connectivity index (χ0v) is 10.0. The van der Waals surface area contributed by atoms with Crippen LogP contribution in [-0.2, 0) is 6.42 Å². The molecule has 0 aromatic carbocycles. The number of nitrogens with zero attached hydrogens (tertiary/aromatic N) is 1. The van der Waals surface area contributed by atoms with Crippen LogP contribution in [0.15, 0.2) is 4.79 Å². The van der Waals surface area contributed by atoms with E-state index < -0.39 is 5.97 Å². The van der Waals surface area contributed by atoms with Crippen molar-refractivity contribution in [1.29, 1.82) is 0 Å². The highest BCUT2D eigenvalue weighted by Gasteiger charge is 2.24. The normalized spacial score (nSPS) is 17.2. The SMILES string of the molecule is CCc1[nH]n(C2CCCCC2)c(=O)c1C(=O)O. The van der Waals surface area contributed by atoms with Gasteiger partial charge in [0.15, 0.2) is 0 Å². The van der Waals surface area contributed by atoms with Crippen molar-refractivity contribution in [2.75, 3.05) is 0 Å². The Kier molecular flexibility index (Phi) is 3.36. The molecule has 0 bridgehead atoms. The minimum absolute atomic E-state index is 0.0851. The Morgan fingerprint density at radius 3 is 2.53 bits per heavy atom. The lowest BCUT2D eigenvalue weighted by molar-refractivity contribution is 0.0694. The summed E-state index contributed by atoms with van der Waals surface area (Å²) in [6.45, 7) is 1.85. The van der Waals surface area contributed by atoms with E-state index in [1.54, 1.807) is 0 Å². The van der Waals surface area contributed by atoms with Crippen molar-refractivity contribution >= 4 is 5.97 Å². The topological polar surface area (TPSA) is 75.1 Å². The van der Waals surface area contributed by atoms with Gasteiger partial charge in [-0.15, -0.1) is 0 Å². The zero-order chi connectivity index (χ0) is 12.4. The molecule has 1 saturated carbocycles. The number of aromatic nitrogens is 2. The van der Waals surface area contributed by atoms with Gasteiger partial charge in [-0.25, -0.2) is 9.48 Å². The maximum atomic E-state index is 12.0. The third kappa shape index (κ3) is 2.14. The Balaban J connectivity index is 2.41. The van der Waals surface area contributed by atoms with Crippen LogP contribution in [0.4, 0.5) is 0 Å². The molecule has 1 fully saturated rings. The lowest BCUT2D eigenvalue weighted by Crippen LogP contribution is -2.27. The van der Waals surface area contributed by atoms with Crippen molar-refractivity contribution < 1.29 is 9.90 Å². The highest BCUT2D eigenvalue weighted by Crippen LogP contribution is 2.26. The van der Waals surface area contributed by atoms with Gasteiger partial charge in [0.1, 0.15) is 5.56 Å². The number of hydrogen-bond acceptors (Lipinski definition) is 2. The van der Waals surface area contributed by atoms with E-state index in [2.05, 4.69) is 5.10 Å². The second kappa shape index (κ2) is 4.77. The number of nitrogens with one attached hydrogen (secondary N) is 1. The first kappa shape index (κ1) is 12.0. The summed E-state index contributed by atoms with van der Waals surface area (Å²) in [5, 5.41) is 12.0. The van der Waals surface area contributed by atoms with Gasteiger partial charge in [-0.2, -0.15) is 0 Å². The van der Waals surface area contributed by atoms with Gasteiger partial charge in [0, 0.05) is 0 Å². The van der Waals surface area contributed by atoms with Crippen molar-refractivity contribution in [2.45, 2.75) is 51.5 Å². The molecule has 2 rings (SSSR count).